The molecule has 1 saturated carbocycles. The number of pyridine rings is 1. The van der Waals surface area contributed by atoms with Crippen LogP contribution in [0.2, 0.25) is 0 Å². The van der Waals surface area contributed by atoms with E-state index in [-0.39, 0.29) is 24.3 Å². The van der Waals surface area contributed by atoms with Crippen LogP contribution in [0.5, 0.6) is 0 Å². The Labute approximate surface area is 166 Å². The van der Waals surface area contributed by atoms with Crippen molar-refractivity contribution in [3.05, 3.63) is 53.9 Å². The number of carbonyl (C=O) groups is 2. The second-order valence-corrected chi connectivity index (χ2v) is 7.58. The maximum absolute atomic E-state index is 12.5. The molecule has 0 spiro atoms. The number of likely N-dealkylation sites (N-methyl/N-ethyl adjacent to an activating group) is 1. The van der Waals surface area contributed by atoms with Gasteiger partial charge in [-0.1, -0.05) is 18.9 Å². The smallest absolute Gasteiger partial charge is 0.238 e. The number of hydrogen-bond donors (Lipinski definition) is 2. The lowest BCUT2D eigenvalue weighted by Crippen LogP contribution is -2.30. The summed E-state index contributed by atoms with van der Waals surface area (Å²) in [6.07, 6.45) is 7.67. The minimum atomic E-state index is -0.0843. The first kappa shape index (κ1) is 20.0. The van der Waals surface area contributed by atoms with Gasteiger partial charge in [0.25, 0.3) is 0 Å². The Hall–Kier alpha value is -2.73. The largest absolute Gasteiger partial charge is 0.326 e. The number of carbonyl (C=O) groups excluding carboxylic acids is 2. The highest BCUT2D eigenvalue weighted by molar-refractivity contribution is 5.96. The van der Waals surface area contributed by atoms with Gasteiger partial charge in [0.15, 0.2) is 0 Å². The maximum Gasteiger partial charge on any atom is 0.238 e. The van der Waals surface area contributed by atoms with Crippen LogP contribution in [0.15, 0.2) is 42.7 Å². The molecule has 2 aromatic rings. The summed E-state index contributed by atoms with van der Waals surface area (Å²) in [5.74, 6) is 0.107. The first-order valence-electron chi connectivity index (χ1n) is 9.80. The van der Waals surface area contributed by atoms with E-state index in [1.54, 1.807) is 12.4 Å². The molecular weight excluding hydrogens is 352 g/mol. The summed E-state index contributed by atoms with van der Waals surface area (Å²) in [7, 11) is 1.91. The fraction of sp³-hybridized carbons (Fsp3) is 0.409. The van der Waals surface area contributed by atoms with E-state index in [2.05, 4.69) is 15.6 Å². The van der Waals surface area contributed by atoms with Gasteiger partial charge >= 0.3 is 0 Å². The number of anilines is 2. The maximum atomic E-state index is 12.5. The van der Waals surface area contributed by atoms with Crippen molar-refractivity contribution < 1.29 is 9.59 Å². The number of nitrogens with one attached hydrogen (secondary N) is 2. The summed E-state index contributed by atoms with van der Waals surface area (Å²) in [6, 6.07) is 9.51. The van der Waals surface area contributed by atoms with E-state index in [9.17, 15) is 9.59 Å². The highest BCUT2D eigenvalue weighted by atomic mass is 16.2. The predicted octanol–water partition coefficient (Wildman–Crippen LogP) is 3.59. The number of benzene rings is 1. The Balaban J connectivity index is 1.56. The molecule has 1 heterocycles. The molecule has 148 valence electrons. The quantitative estimate of drug-likeness (QED) is 0.770. The van der Waals surface area contributed by atoms with E-state index in [0.29, 0.717) is 6.54 Å². The van der Waals surface area contributed by atoms with Gasteiger partial charge in [0.05, 0.1) is 6.54 Å². The van der Waals surface area contributed by atoms with E-state index < -0.39 is 0 Å². The molecule has 2 amide bonds. The third kappa shape index (κ3) is 5.63. The Kier molecular flexibility index (Phi) is 6.76. The molecule has 1 aliphatic rings. The Bertz CT molecular complexity index is 817. The molecular formula is C22H28N4O2. The molecule has 0 atom stereocenters. The predicted molar refractivity (Wildman–Crippen MR) is 111 cm³/mol. The molecule has 0 unspecified atom stereocenters. The number of nitrogens with zero attached hydrogens (tertiary/aromatic N) is 2. The van der Waals surface area contributed by atoms with Crippen molar-refractivity contribution in [1.29, 1.82) is 0 Å². The van der Waals surface area contributed by atoms with Crippen molar-refractivity contribution >= 4 is 23.2 Å². The number of aryl methyl sites for hydroxylation is 1. The molecule has 6 nitrogen and oxygen atoms in total. The van der Waals surface area contributed by atoms with Gasteiger partial charge in [-0.3, -0.25) is 19.5 Å². The van der Waals surface area contributed by atoms with Gasteiger partial charge in [-0.2, -0.15) is 0 Å². The monoisotopic (exact) mass is 380 g/mol. The molecule has 0 aliphatic heterocycles. The Morgan fingerprint density at radius 3 is 2.54 bits per heavy atom. The Morgan fingerprint density at radius 1 is 1.11 bits per heavy atom. The normalized spacial score (nSPS) is 14.2. The van der Waals surface area contributed by atoms with Crippen LogP contribution in [-0.2, 0) is 16.1 Å². The van der Waals surface area contributed by atoms with Gasteiger partial charge in [-0.15, -0.1) is 0 Å². The molecule has 1 aromatic heterocycles. The van der Waals surface area contributed by atoms with Gasteiger partial charge in [-0.25, -0.2) is 0 Å². The molecule has 28 heavy (non-hydrogen) atoms. The average molecular weight is 380 g/mol. The lowest BCUT2D eigenvalue weighted by atomic mass is 10.1. The molecule has 0 saturated heterocycles. The second-order valence-electron chi connectivity index (χ2n) is 7.58. The zero-order chi connectivity index (χ0) is 19.9. The molecule has 0 bridgehead atoms. The summed E-state index contributed by atoms with van der Waals surface area (Å²) in [6.45, 7) is 2.89. The summed E-state index contributed by atoms with van der Waals surface area (Å²) < 4.78 is 0. The SMILES string of the molecule is Cc1ccc(NC(=O)C2CCCC2)cc1NC(=O)CN(C)Cc1ccncc1. The van der Waals surface area contributed by atoms with Crippen molar-refractivity contribution in [2.75, 3.05) is 24.2 Å². The molecule has 1 aliphatic carbocycles. The Morgan fingerprint density at radius 2 is 1.82 bits per heavy atom. The van der Waals surface area contributed by atoms with Gasteiger partial charge in [0.2, 0.25) is 11.8 Å². The van der Waals surface area contributed by atoms with Crippen molar-refractivity contribution in [3.63, 3.8) is 0 Å². The van der Waals surface area contributed by atoms with Gasteiger partial charge in [0.1, 0.15) is 0 Å². The second kappa shape index (κ2) is 9.46. The van der Waals surface area contributed by atoms with Crippen molar-refractivity contribution in [2.24, 2.45) is 5.92 Å². The van der Waals surface area contributed by atoms with Crippen molar-refractivity contribution in [2.45, 2.75) is 39.2 Å². The van der Waals surface area contributed by atoms with E-state index in [0.717, 1.165) is 48.2 Å². The average Bonchev–Trinajstić information content (AvgIpc) is 3.20. The van der Waals surface area contributed by atoms with Crippen molar-refractivity contribution in [3.8, 4) is 0 Å². The van der Waals surface area contributed by atoms with Crippen LogP contribution >= 0.6 is 0 Å². The van der Waals surface area contributed by atoms with Crippen LogP contribution in [-0.4, -0.2) is 35.3 Å². The van der Waals surface area contributed by atoms with Crippen LogP contribution in [0.4, 0.5) is 11.4 Å². The zero-order valence-electron chi connectivity index (χ0n) is 16.6. The number of amides is 2. The first-order valence-corrected chi connectivity index (χ1v) is 9.80. The number of aromatic nitrogens is 1. The molecule has 2 N–H and O–H groups in total. The zero-order valence-corrected chi connectivity index (χ0v) is 16.6. The fourth-order valence-electron chi connectivity index (χ4n) is 3.56. The standard InChI is InChI=1S/C22H28N4O2/c1-16-7-8-19(24-22(28)18-5-3-4-6-18)13-20(16)25-21(27)15-26(2)14-17-9-11-23-12-10-17/h7-13,18H,3-6,14-15H2,1-2H3,(H,24,28)(H,25,27). The van der Waals surface area contributed by atoms with Crippen LogP contribution < -0.4 is 10.6 Å². The minimum absolute atomic E-state index is 0.0794. The minimum Gasteiger partial charge on any atom is -0.326 e. The highest BCUT2D eigenvalue weighted by Gasteiger charge is 2.22. The van der Waals surface area contributed by atoms with Crippen LogP contribution in [0.1, 0.15) is 36.8 Å². The summed E-state index contributed by atoms with van der Waals surface area (Å²) in [5.41, 5.74) is 3.52. The highest BCUT2D eigenvalue weighted by Crippen LogP contribution is 2.27. The van der Waals surface area contributed by atoms with E-state index in [1.807, 2.05) is 49.2 Å². The third-order valence-electron chi connectivity index (χ3n) is 5.12. The van der Waals surface area contributed by atoms with E-state index >= 15 is 0 Å². The summed E-state index contributed by atoms with van der Waals surface area (Å²) in [4.78, 5) is 30.8. The van der Waals surface area contributed by atoms with Crippen molar-refractivity contribution in [1.82, 2.24) is 9.88 Å². The van der Waals surface area contributed by atoms with Crippen LogP contribution in [0.25, 0.3) is 0 Å². The fourth-order valence-corrected chi connectivity index (χ4v) is 3.56. The van der Waals surface area contributed by atoms with E-state index in [1.165, 1.54) is 0 Å². The lowest BCUT2D eigenvalue weighted by Gasteiger charge is -2.17. The third-order valence-corrected chi connectivity index (χ3v) is 5.12. The molecule has 1 aromatic carbocycles. The van der Waals surface area contributed by atoms with Gasteiger partial charge in [0, 0.05) is 36.2 Å². The number of hydrogen-bond acceptors (Lipinski definition) is 4. The van der Waals surface area contributed by atoms with E-state index in [4.69, 9.17) is 0 Å². The molecule has 1 fully saturated rings. The molecule has 6 heteroatoms. The summed E-state index contributed by atoms with van der Waals surface area (Å²) in [5, 5.41) is 5.96. The van der Waals surface area contributed by atoms with Gasteiger partial charge in [-0.05, 0) is 62.2 Å². The van der Waals surface area contributed by atoms with Gasteiger partial charge < -0.3 is 10.6 Å². The number of rotatable bonds is 7. The van der Waals surface area contributed by atoms with Crippen LogP contribution in [0, 0.1) is 12.8 Å². The first-order chi connectivity index (χ1) is 13.5. The lowest BCUT2D eigenvalue weighted by molar-refractivity contribution is -0.119. The topological polar surface area (TPSA) is 74.3 Å². The summed E-state index contributed by atoms with van der Waals surface area (Å²) >= 11 is 0. The van der Waals surface area contributed by atoms with Crippen LogP contribution in [0.3, 0.4) is 0 Å². The molecule has 0 radical (unpaired) electrons. The molecule has 3 rings (SSSR count).